The van der Waals surface area contributed by atoms with Gasteiger partial charge in [-0.15, -0.1) is 13.2 Å². The van der Waals surface area contributed by atoms with E-state index in [1.165, 1.54) is 12.1 Å². The van der Waals surface area contributed by atoms with Gasteiger partial charge in [0.05, 0.1) is 0 Å². The number of Topliss-reactive ketones (excluding diaryl/α,β-unsaturated/α-hetero) is 1. The minimum Gasteiger partial charge on any atom is -0.406 e. The highest BCUT2D eigenvalue weighted by atomic mass is 19.4. The molecule has 3 nitrogen and oxygen atoms in total. The van der Waals surface area contributed by atoms with Gasteiger partial charge in [0, 0.05) is 18.5 Å². The largest absolute Gasteiger partial charge is 0.573 e. The van der Waals surface area contributed by atoms with Crippen LogP contribution in [0, 0.1) is 0 Å². The van der Waals surface area contributed by atoms with Gasteiger partial charge in [0.15, 0.2) is 5.78 Å². The van der Waals surface area contributed by atoms with Crippen LogP contribution in [-0.2, 0) is 0 Å². The van der Waals surface area contributed by atoms with E-state index in [-0.39, 0.29) is 11.5 Å². The van der Waals surface area contributed by atoms with Crippen LogP contribution < -0.4 is 4.74 Å². The van der Waals surface area contributed by atoms with Crippen LogP contribution in [-0.4, -0.2) is 37.7 Å². The molecule has 0 saturated heterocycles. The molecule has 6 heteroatoms. The lowest BCUT2D eigenvalue weighted by molar-refractivity contribution is -0.274. The molecule has 18 heavy (non-hydrogen) atoms. The van der Waals surface area contributed by atoms with Gasteiger partial charge in [-0.3, -0.25) is 4.79 Å². The summed E-state index contributed by atoms with van der Waals surface area (Å²) in [5.74, 6) is -0.436. The number of halogens is 3. The first kappa shape index (κ1) is 14.5. The van der Waals surface area contributed by atoms with E-state index in [4.69, 9.17) is 0 Å². The van der Waals surface area contributed by atoms with Crippen molar-refractivity contribution in [3.8, 4) is 5.75 Å². The molecule has 0 aliphatic rings. The molecule has 0 aliphatic carbocycles. The van der Waals surface area contributed by atoms with Crippen LogP contribution in [0.2, 0.25) is 0 Å². The van der Waals surface area contributed by atoms with E-state index in [9.17, 15) is 18.0 Å². The third kappa shape index (κ3) is 5.18. The third-order valence-electron chi connectivity index (χ3n) is 2.20. The van der Waals surface area contributed by atoms with Gasteiger partial charge in [-0.25, -0.2) is 0 Å². The predicted molar refractivity (Wildman–Crippen MR) is 60.6 cm³/mol. The second kappa shape index (κ2) is 5.86. The number of rotatable bonds is 5. The van der Waals surface area contributed by atoms with Crippen LogP contribution in [0.3, 0.4) is 0 Å². The van der Waals surface area contributed by atoms with E-state index in [0.717, 1.165) is 12.1 Å². The fourth-order valence-electron chi connectivity index (χ4n) is 1.31. The molecule has 1 aromatic carbocycles. The van der Waals surface area contributed by atoms with Crippen molar-refractivity contribution in [2.45, 2.75) is 12.8 Å². The molecule has 0 radical (unpaired) electrons. The van der Waals surface area contributed by atoms with Gasteiger partial charge < -0.3 is 9.64 Å². The summed E-state index contributed by atoms with van der Waals surface area (Å²) in [7, 11) is 3.68. The molecule has 0 aromatic heterocycles. The maximum Gasteiger partial charge on any atom is 0.573 e. The molecular weight excluding hydrogens is 247 g/mol. The minimum atomic E-state index is -4.71. The maximum absolute atomic E-state index is 11.9. The topological polar surface area (TPSA) is 29.5 Å². The van der Waals surface area contributed by atoms with Crippen molar-refractivity contribution >= 4 is 5.78 Å². The minimum absolute atomic E-state index is 0.109. The lowest BCUT2D eigenvalue weighted by atomic mass is 10.1. The smallest absolute Gasteiger partial charge is 0.406 e. The Morgan fingerprint density at radius 2 is 1.78 bits per heavy atom. The zero-order chi connectivity index (χ0) is 13.8. The quantitative estimate of drug-likeness (QED) is 0.763. The molecule has 0 unspecified atom stereocenters. The highest BCUT2D eigenvalue weighted by Crippen LogP contribution is 2.22. The average Bonchev–Trinajstić information content (AvgIpc) is 2.24. The Labute approximate surface area is 103 Å². The third-order valence-corrected chi connectivity index (χ3v) is 2.20. The zero-order valence-electron chi connectivity index (χ0n) is 10.1. The summed E-state index contributed by atoms with van der Waals surface area (Å²) in [4.78, 5) is 13.5. The van der Waals surface area contributed by atoms with E-state index in [1.54, 1.807) is 0 Å². The Balaban J connectivity index is 2.62. The van der Waals surface area contributed by atoms with E-state index >= 15 is 0 Å². The number of nitrogens with zero attached hydrogens (tertiary/aromatic N) is 1. The van der Waals surface area contributed by atoms with Gasteiger partial charge in [-0.05, 0) is 38.4 Å². The second-order valence-corrected chi connectivity index (χ2v) is 4.05. The number of hydrogen-bond acceptors (Lipinski definition) is 3. The Kier molecular flexibility index (Phi) is 4.72. The molecule has 0 amide bonds. The molecule has 0 heterocycles. The normalized spacial score (nSPS) is 11.7. The van der Waals surface area contributed by atoms with Gasteiger partial charge in [0.1, 0.15) is 5.75 Å². The van der Waals surface area contributed by atoms with Crippen molar-refractivity contribution in [3.63, 3.8) is 0 Å². The molecule has 100 valence electrons. The zero-order valence-corrected chi connectivity index (χ0v) is 10.1. The predicted octanol–water partition coefficient (Wildman–Crippen LogP) is 2.72. The summed E-state index contributed by atoms with van der Waals surface area (Å²) in [5, 5.41) is 0. The van der Waals surface area contributed by atoms with Gasteiger partial charge in [-0.1, -0.05) is 0 Å². The molecule has 0 N–H and O–H groups in total. The van der Waals surface area contributed by atoms with Crippen LogP contribution in [0.15, 0.2) is 24.3 Å². The molecule has 0 atom stereocenters. The first-order valence-electron chi connectivity index (χ1n) is 5.31. The number of carbonyl (C=O) groups excluding carboxylic acids is 1. The average molecular weight is 261 g/mol. The molecular formula is C12H14F3NO2. The molecule has 0 aliphatic heterocycles. The second-order valence-electron chi connectivity index (χ2n) is 4.05. The first-order chi connectivity index (χ1) is 8.28. The van der Waals surface area contributed by atoms with Crippen LogP contribution >= 0.6 is 0 Å². The van der Waals surface area contributed by atoms with Gasteiger partial charge in [0.25, 0.3) is 0 Å². The van der Waals surface area contributed by atoms with Crippen LogP contribution in [0.25, 0.3) is 0 Å². The number of ketones is 1. The Bertz CT molecular complexity index is 399. The molecule has 0 spiro atoms. The Morgan fingerprint density at radius 1 is 1.22 bits per heavy atom. The van der Waals surface area contributed by atoms with E-state index < -0.39 is 6.36 Å². The van der Waals surface area contributed by atoms with Crippen molar-refractivity contribution in [3.05, 3.63) is 29.8 Å². The highest BCUT2D eigenvalue weighted by Gasteiger charge is 2.31. The maximum atomic E-state index is 11.9. The number of ether oxygens (including phenoxy) is 1. The van der Waals surface area contributed by atoms with Crippen molar-refractivity contribution in [2.24, 2.45) is 0 Å². The molecule has 1 aromatic rings. The summed E-state index contributed by atoms with van der Waals surface area (Å²) < 4.78 is 39.5. The van der Waals surface area contributed by atoms with Gasteiger partial charge in [0.2, 0.25) is 0 Å². The molecule has 0 fully saturated rings. The van der Waals surface area contributed by atoms with Crippen molar-refractivity contribution in [1.82, 2.24) is 4.90 Å². The van der Waals surface area contributed by atoms with E-state index in [0.29, 0.717) is 18.5 Å². The lowest BCUT2D eigenvalue weighted by Gasteiger charge is -2.10. The first-order valence-corrected chi connectivity index (χ1v) is 5.31. The van der Waals surface area contributed by atoms with Gasteiger partial charge in [-0.2, -0.15) is 0 Å². The number of carbonyl (C=O) groups is 1. The summed E-state index contributed by atoms with van der Waals surface area (Å²) in [6, 6.07) is 4.94. The number of alkyl halides is 3. The van der Waals surface area contributed by atoms with E-state index in [1.807, 2.05) is 19.0 Å². The van der Waals surface area contributed by atoms with Gasteiger partial charge >= 0.3 is 6.36 Å². The molecule has 1 rings (SSSR count). The molecule has 0 saturated carbocycles. The monoisotopic (exact) mass is 261 g/mol. The summed E-state index contributed by atoms with van der Waals surface area (Å²) in [6.45, 7) is 0.597. The van der Waals surface area contributed by atoms with Crippen LogP contribution in [0.4, 0.5) is 13.2 Å². The van der Waals surface area contributed by atoms with Crippen molar-refractivity contribution in [2.75, 3.05) is 20.6 Å². The number of benzene rings is 1. The fraction of sp³-hybridized carbons (Fsp3) is 0.417. The van der Waals surface area contributed by atoms with E-state index in [2.05, 4.69) is 4.74 Å². The summed E-state index contributed by atoms with van der Waals surface area (Å²) in [6.07, 6.45) is -4.39. The molecule has 0 bridgehead atoms. The standard InChI is InChI=1S/C12H14F3NO2/c1-16(2)8-7-11(17)9-3-5-10(6-4-9)18-12(13,14)15/h3-6H,7-8H2,1-2H3. The summed E-state index contributed by atoms with van der Waals surface area (Å²) in [5.41, 5.74) is 0.381. The fourth-order valence-corrected chi connectivity index (χ4v) is 1.31. The number of hydrogen-bond donors (Lipinski definition) is 0. The van der Waals surface area contributed by atoms with Crippen molar-refractivity contribution < 1.29 is 22.7 Å². The summed E-state index contributed by atoms with van der Waals surface area (Å²) >= 11 is 0. The Hall–Kier alpha value is -1.56. The SMILES string of the molecule is CN(C)CCC(=O)c1ccc(OC(F)(F)F)cc1. The van der Waals surface area contributed by atoms with Crippen LogP contribution in [0.5, 0.6) is 5.75 Å². The Morgan fingerprint density at radius 3 is 2.22 bits per heavy atom. The highest BCUT2D eigenvalue weighted by molar-refractivity contribution is 5.96. The van der Waals surface area contributed by atoms with Crippen molar-refractivity contribution in [1.29, 1.82) is 0 Å². The van der Waals surface area contributed by atoms with Crippen LogP contribution in [0.1, 0.15) is 16.8 Å². The lowest BCUT2D eigenvalue weighted by Crippen LogP contribution is -2.17.